The van der Waals surface area contributed by atoms with Crippen molar-refractivity contribution in [2.45, 2.75) is 19.4 Å². The summed E-state index contributed by atoms with van der Waals surface area (Å²) in [5.74, 6) is -1.28. The summed E-state index contributed by atoms with van der Waals surface area (Å²) in [4.78, 5) is 26.9. The molecule has 30 heavy (non-hydrogen) atoms. The van der Waals surface area contributed by atoms with Crippen LogP contribution in [0.25, 0.3) is 0 Å². The summed E-state index contributed by atoms with van der Waals surface area (Å²) in [5.41, 5.74) is 1.91. The molecule has 1 aliphatic heterocycles. The number of ether oxygens (including phenoxy) is 1. The van der Waals surface area contributed by atoms with E-state index < -0.39 is 5.97 Å². The van der Waals surface area contributed by atoms with Gasteiger partial charge in [-0.1, -0.05) is 24.3 Å². The van der Waals surface area contributed by atoms with E-state index in [2.05, 4.69) is 9.80 Å². The molecule has 0 N–H and O–H groups in total. The maximum atomic E-state index is 13.4. The minimum absolute atomic E-state index is 0.0956. The number of rotatable bonds is 8. The number of Topliss-reactive ketones (excluding diaryl/α,β-unsaturated/α-hetero) is 1. The lowest BCUT2D eigenvalue weighted by Crippen LogP contribution is -2.48. The van der Waals surface area contributed by atoms with Crippen molar-refractivity contribution in [3.8, 4) is 0 Å². The molecule has 2 aromatic rings. The molecular formula is C23H26F2N2O3. The standard InChI is InChI=1S/C23H26F2N2O3/c1-17(28)16-22(29)30-15-14-26-10-12-27(13-11-26)23(18-2-6-20(24)7-3-18)19-4-8-21(25)9-5-19/h2-9,23H,10-16H2,1H3. The predicted molar refractivity (Wildman–Crippen MR) is 109 cm³/mol. The number of ketones is 1. The number of nitrogens with zero attached hydrogens (tertiary/aromatic N) is 2. The fraction of sp³-hybridized carbons (Fsp3) is 0.391. The first-order chi connectivity index (χ1) is 14.4. The molecule has 0 atom stereocenters. The number of hydrogen-bond acceptors (Lipinski definition) is 5. The Morgan fingerprint density at radius 2 is 1.40 bits per heavy atom. The van der Waals surface area contributed by atoms with Crippen LogP contribution in [-0.2, 0) is 14.3 Å². The molecule has 0 spiro atoms. The Labute approximate surface area is 175 Å². The molecule has 0 bridgehead atoms. The van der Waals surface area contributed by atoms with E-state index in [1.54, 1.807) is 24.3 Å². The Morgan fingerprint density at radius 1 is 0.900 bits per heavy atom. The SMILES string of the molecule is CC(=O)CC(=O)OCCN1CCN(C(c2ccc(F)cc2)c2ccc(F)cc2)CC1. The molecule has 1 saturated heterocycles. The van der Waals surface area contributed by atoms with Gasteiger partial charge in [0.25, 0.3) is 0 Å². The highest BCUT2D eigenvalue weighted by molar-refractivity contribution is 5.94. The molecule has 1 fully saturated rings. The van der Waals surface area contributed by atoms with E-state index in [9.17, 15) is 18.4 Å². The van der Waals surface area contributed by atoms with Gasteiger partial charge in [0.15, 0.2) is 0 Å². The monoisotopic (exact) mass is 416 g/mol. The highest BCUT2D eigenvalue weighted by Gasteiger charge is 2.26. The molecule has 1 aliphatic rings. The normalized spacial score (nSPS) is 15.3. The van der Waals surface area contributed by atoms with Gasteiger partial charge in [-0.25, -0.2) is 8.78 Å². The zero-order valence-electron chi connectivity index (χ0n) is 17.0. The first-order valence-electron chi connectivity index (χ1n) is 10.0. The summed E-state index contributed by atoms with van der Waals surface area (Å²) >= 11 is 0. The third-order valence-electron chi connectivity index (χ3n) is 5.21. The van der Waals surface area contributed by atoms with Crippen LogP contribution < -0.4 is 0 Å². The number of carbonyl (C=O) groups excluding carboxylic acids is 2. The molecule has 5 nitrogen and oxygen atoms in total. The molecule has 0 radical (unpaired) electrons. The summed E-state index contributed by atoms with van der Waals surface area (Å²) in [6.45, 7) is 5.31. The number of carbonyl (C=O) groups is 2. The predicted octanol–water partition coefficient (Wildman–Crippen LogP) is 3.19. The van der Waals surface area contributed by atoms with Crippen LogP contribution in [-0.4, -0.2) is 60.9 Å². The van der Waals surface area contributed by atoms with Gasteiger partial charge in [0.1, 0.15) is 30.4 Å². The van der Waals surface area contributed by atoms with Crippen LogP contribution in [0.4, 0.5) is 8.78 Å². The second-order valence-corrected chi connectivity index (χ2v) is 7.48. The third-order valence-corrected chi connectivity index (χ3v) is 5.21. The van der Waals surface area contributed by atoms with Crippen LogP contribution in [0.3, 0.4) is 0 Å². The quantitative estimate of drug-likeness (QED) is 0.489. The van der Waals surface area contributed by atoms with Crippen LogP contribution in [0.1, 0.15) is 30.5 Å². The van der Waals surface area contributed by atoms with Crippen molar-refractivity contribution in [2.24, 2.45) is 0 Å². The van der Waals surface area contributed by atoms with E-state index in [1.807, 2.05) is 0 Å². The van der Waals surface area contributed by atoms with Gasteiger partial charge in [0.05, 0.1) is 6.04 Å². The lowest BCUT2D eigenvalue weighted by molar-refractivity contribution is -0.146. The second-order valence-electron chi connectivity index (χ2n) is 7.48. The summed E-state index contributed by atoms with van der Waals surface area (Å²) in [6, 6.07) is 12.7. The Morgan fingerprint density at radius 3 is 1.87 bits per heavy atom. The summed E-state index contributed by atoms with van der Waals surface area (Å²) in [6.07, 6.45) is -0.190. The molecule has 0 aromatic heterocycles. The minimum atomic E-state index is -0.492. The highest BCUT2D eigenvalue weighted by Crippen LogP contribution is 2.30. The molecule has 0 saturated carbocycles. The van der Waals surface area contributed by atoms with E-state index in [0.717, 1.165) is 37.3 Å². The Balaban J connectivity index is 1.61. The molecule has 160 valence electrons. The smallest absolute Gasteiger partial charge is 0.313 e. The van der Waals surface area contributed by atoms with Gasteiger partial charge in [-0.15, -0.1) is 0 Å². The zero-order valence-corrected chi connectivity index (χ0v) is 17.0. The van der Waals surface area contributed by atoms with Gasteiger partial charge in [-0.2, -0.15) is 0 Å². The molecule has 0 unspecified atom stereocenters. The fourth-order valence-corrected chi connectivity index (χ4v) is 3.69. The number of piperazine rings is 1. The molecule has 0 amide bonds. The van der Waals surface area contributed by atoms with Gasteiger partial charge in [0, 0.05) is 32.7 Å². The molecule has 7 heteroatoms. The Bertz CT molecular complexity index is 802. The maximum absolute atomic E-state index is 13.4. The molecule has 3 rings (SSSR count). The van der Waals surface area contributed by atoms with Crippen LogP contribution in [0.2, 0.25) is 0 Å². The Kier molecular flexibility index (Phi) is 7.65. The zero-order chi connectivity index (χ0) is 21.5. The molecule has 2 aromatic carbocycles. The van der Waals surface area contributed by atoms with Crippen molar-refractivity contribution in [1.29, 1.82) is 0 Å². The lowest BCUT2D eigenvalue weighted by Gasteiger charge is -2.39. The molecule has 0 aliphatic carbocycles. The second kappa shape index (κ2) is 10.4. The molecule has 1 heterocycles. The van der Waals surface area contributed by atoms with Crippen LogP contribution in [0.5, 0.6) is 0 Å². The average molecular weight is 416 g/mol. The van der Waals surface area contributed by atoms with Crippen LogP contribution in [0, 0.1) is 11.6 Å². The van der Waals surface area contributed by atoms with Crippen molar-refractivity contribution in [3.05, 3.63) is 71.3 Å². The van der Waals surface area contributed by atoms with Gasteiger partial charge in [0.2, 0.25) is 0 Å². The van der Waals surface area contributed by atoms with Gasteiger partial charge in [-0.05, 0) is 42.3 Å². The minimum Gasteiger partial charge on any atom is -0.464 e. The molecular weight excluding hydrogens is 390 g/mol. The van der Waals surface area contributed by atoms with Gasteiger partial charge in [-0.3, -0.25) is 19.4 Å². The summed E-state index contributed by atoms with van der Waals surface area (Å²) in [5, 5.41) is 0. The number of hydrogen-bond donors (Lipinski definition) is 0. The van der Waals surface area contributed by atoms with Gasteiger partial charge >= 0.3 is 5.97 Å². The number of benzene rings is 2. The van der Waals surface area contributed by atoms with E-state index in [1.165, 1.54) is 31.2 Å². The van der Waals surface area contributed by atoms with Crippen molar-refractivity contribution < 1.29 is 23.1 Å². The highest BCUT2D eigenvalue weighted by atomic mass is 19.1. The first kappa shape index (κ1) is 22.1. The van der Waals surface area contributed by atoms with Crippen LogP contribution >= 0.6 is 0 Å². The fourth-order valence-electron chi connectivity index (χ4n) is 3.69. The van der Waals surface area contributed by atoms with Crippen molar-refractivity contribution in [2.75, 3.05) is 39.3 Å². The van der Waals surface area contributed by atoms with Crippen molar-refractivity contribution in [3.63, 3.8) is 0 Å². The number of halogens is 2. The van der Waals surface area contributed by atoms with Crippen LogP contribution in [0.15, 0.2) is 48.5 Å². The van der Waals surface area contributed by atoms with E-state index in [0.29, 0.717) is 6.54 Å². The number of esters is 1. The summed E-state index contributed by atoms with van der Waals surface area (Å²) < 4.78 is 31.9. The largest absolute Gasteiger partial charge is 0.464 e. The van der Waals surface area contributed by atoms with Crippen molar-refractivity contribution in [1.82, 2.24) is 9.80 Å². The first-order valence-corrected chi connectivity index (χ1v) is 10.0. The topological polar surface area (TPSA) is 49.9 Å². The Hall–Kier alpha value is -2.64. The lowest BCUT2D eigenvalue weighted by atomic mass is 9.96. The van der Waals surface area contributed by atoms with E-state index >= 15 is 0 Å². The maximum Gasteiger partial charge on any atom is 0.313 e. The van der Waals surface area contributed by atoms with Crippen molar-refractivity contribution >= 4 is 11.8 Å². The van der Waals surface area contributed by atoms with E-state index in [4.69, 9.17) is 4.74 Å². The third kappa shape index (κ3) is 6.18. The van der Waals surface area contributed by atoms with Gasteiger partial charge < -0.3 is 4.74 Å². The average Bonchev–Trinajstić information content (AvgIpc) is 2.71. The summed E-state index contributed by atoms with van der Waals surface area (Å²) in [7, 11) is 0. The van der Waals surface area contributed by atoms with E-state index in [-0.39, 0.29) is 36.5 Å².